The highest BCUT2D eigenvalue weighted by Crippen LogP contribution is 2.48. The lowest BCUT2D eigenvalue weighted by Gasteiger charge is -2.11. The Hall–Kier alpha value is -1.11. The van der Waals surface area contributed by atoms with Gasteiger partial charge in [0.15, 0.2) is 11.5 Å². The molecule has 0 unspecified atom stereocenters. The first kappa shape index (κ1) is 11.0. The lowest BCUT2D eigenvalue weighted by atomic mass is 10.1. The van der Waals surface area contributed by atoms with Crippen LogP contribution in [0.2, 0.25) is 0 Å². The summed E-state index contributed by atoms with van der Waals surface area (Å²) in [6, 6.07) is 0.477. The number of phenols is 3. The molecule has 3 nitrogen and oxygen atoms in total. The van der Waals surface area contributed by atoms with E-state index in [-0.39, 0.29) is 4.47 Å². The van der Waals surface area contributed by atoms with E-state index in [0.29, 0.717) is 6.07 Å². The first-order valence-electron chi connectivity index (χ1n) is 3.25. The Morgan fingerprint density at radius 3 is 1.93 bits per heavy atom. The number of alkyl halides is 3. The third-order valence-electron chi connectivity index (χ3n) is 1.51. The van der Waals surface area contributed by atoms with E-state index in [1.54, 1.807) is 0 Å². The predicted molar refractivity (Wildman–Crippen MR) is 44.1 cm³/mol. The smallest absolute Gasteiger partial charge is 0.420 e. The van der Waals surface area contributed by atoms with Crippen LogP contribution in [0.15, 0.2) is 10.5 Å². The molecule has 7 heteroatoms. The van der Waals surface area contributed by atoms with Crippen molar-refractivity contribution in [1.29, 1.82) is 0 Å². The van der Waals surface area contributed by atoms with E-state index in [9.17, 15) is 13.2 Å². The lowest BCUT2D eigenvalue weighted by molar-refractivity contribution is -0.139. The van der Waals surface area contributed by atoms with Gasteiger partial charge in [0.25, 0.3) is 0 Å². The van der Waals surface area contributed by atoms with E-state index in [4.69, 9.17) is 15.3 Å². The predicted octanol–water partition coefficient (Wildman–Crippen LogP) is 2.58. The Kier molecular flexibility index (Phi) is 2.53. The van der Waals surface area contributed by atoms with Crippen LogP contribution in [0.1, 0.15) is 5.56 Å². The summed E-state index contributed by atoms with van der Waals surface area (Å²) in [5.74, 6) is -3.43. The second kappa shape index (κ2) is 3.23. The maximum absolute atomic E-state index is 12.2. The van der Waals surface area contributed by atoms with Gasteiger partial charge in [0.05, 0.1) is 4.47 Å². The van der Waals surface area contributed by atoms with E-state index in [2.05, 4.69) is 15.9 Å². The number of hydrogen-bond acceptors (Lipinski definition) is 3. The Balaban J connectivity index is 3.49. The zero-order valence-electron chi connectivity index (χ0n) is 6.43. The molecule has 0 heterocycles. The third-order valence-corrected chi connectivity index (χ3v) is 2.11. The number of rotatable bonds is 0. The maximum atomic E-state index is 12.2. The summed E-state index contributed by atoms with van der Waals surface area (Å²) < 4.78 is 36.2. The second-order valence-corrected chi connectivity index (χ2v) is 3.30. The molecule has 0 aliphatic rings. The molecule has 0 spiro atoms. The molecule has 0 fully saturated rings. The van der Waals surface area contributed by atoms with Gasteiger partial charge in [-0.2, -0.15) is 13.2 Å². The molecule has 1 aromatic rings. The van der Waals surface area contributed by atoms with Crippen LogP contribution < -0.4 is 0 Å². The average Bonchev–Trinajstić information content (AvgIpc) is 2.06. The minimum absolute atomic E-state index is 0.347. The molecule has 1 aromatic carbocycles. The second-order valence-electron chi connectivity index (χ2n) is 2.45. The normalized spacial score (nSPS) is 11.7. The van der Waals surface area contributed by atoms with Crippen molar-refractivity contribution in [2.75, 3.05) is 0 Å². The summed E-state index contributed by atoms with van der Waals surface area (Å²) in [7, 11) is 0. The van der Waals surface area contributed by atoms with E-state index in [1.807, 2.05) is 0 Å². The van der Waals surface area contributed by atoms with Gasteiger partial charge in [0, 0.05) is 0 Å². The standard InChI is InChI=1S/C7H4BrF3O3/c8-3-1-2(7(9,10)11)4(12)6(14)5(3)13/h1,12-14H. The van der Waals surface area contributed by atoms with Crippen molar-refractivity contribution >= 4 is 15.9 Å². The van der Waals surface area contributed by atoms with Crippen molar-refractivity contribution in [3.05, 3.63) is 16.1 Å². The molecule has 0 amide bonds. The molecule has 14 heavy (non-hydrogen) atoms. The van der Waals surface area contributed by atoms with Crippen LogP contribution in [0.4, 0.5) is 13.2 Å². The highest BCUT2D eigenvalue weighted by Gasteiger charge is 2.36. The summed E-state index contributed by atoms with van der Waals surface area (Å²) in [6.45, 7) is 0. The molecule has 1 rings (SSSR count). The number of benzene rings is 1. The first-order chi connectivity index (χ1) is 6.25. The number of halogens is 4. The molecule has 0 atom stereocenters. The molecule has 0 aliphatic carbocycles. The Morgan fingerprint density at radius 2 is 1.50 bits per heavy atom. The highest BCUT2D eigenvalue weighted by molar-refractivity contribution is 9.10. The Labute approximate surface area is 84.5 Å². The molecular formula is C7H4BrF3O3. The summed E-state index contributed by atoms with van der Waals surface area (Å²) in [6.07, 6.45) is -4.79. The molecule has 3 N–H and O–H groups in total. The minimum Gasteiger partial charge on any atom is -0.504 e. The molecule has 0 radical (unpaired) electrons. The van der Waals surface area contributed by atoms with Crippen molar-refractivity contribution in [2.24, 2.45) is 0 Å². The van der Waals surface area contributed by atoms with E-state index < -0.39 is 29.0 Å². The topological polar surface area (TPSA) is 60.7 Å². The van der Waals surface area contributed by atoms with Gasteiger partial charge >= 0.3 is 6.18 Å². The van der Waals surface area contributed by atoms with Crippen LogP contribution in [0, 0.1) is 0 Å². The average molecular weight is 273 g/mol. The van der Waals surface area contributed by atoms with Gasteiger partial charge in [-0.3, -0.25) is 0 Å². The van der Waals surface area contributed by atoms with E-state index in [1.165, 1.54) is 0 Å². The first-order valence-corrected chi connectivity index (χ1v) is 4.05. The van der Waals surface area contributed by atoms with Crippen LogP contribution in [0.3, 0.4) is 0 Å². The third kappa shape index (κ3) is 1.72. The molecular weight excluding hydrogens is 269 g/mol. The van der Waals surface area contributed by atoms with Gasteiger partial charge < -0.3 is 15.3 Å². The molecule has 0 aromatic heterocycles. The van der Waals surface area contributed by atoms with Crippen LogP contribution in [0.25, 0.3) is 0 Å². The monoisotopic (exact) mass is 272 g/mol. The van der Waals surface area contributed by atoms with E-state index in [0.717, 1.165) is 0 Å². The lowest BCUT2D eigenvalue weighted by Crippen LogP contribution is -2.05. The van der Waals surface area contributed by atoms with Crippen LogP contribution in [-0.4, -0.2) is 15.3 Å². The van der Waals surface area contributed by atoms with Crippen LogP contribution in [-0.2, 0) is 6.18 Å². The van der Waals surface area contributed by atoms with Gasteiger partial charge in [-0.25, -0.2) is 0 Å². The largest absolute Gasteiger partial charge is 0.504 e. The molecule has 78 valence electrons. The maximum Gasteiger partial charge on any atom is 0.420 e. The van der Waals surface area contributed by atoms with Crippen LogP contribution in [0.5, 0.6) is 17.2 Å². The minimum atomic E-state index is -4.79. The Bertz CT molecular complexity index is 375. The number of hydrogen-bond donors (Lipinski definition) is 3. The van der Waals surface area contributed by atoms with Crippen molar-refractivity contribution in [3.63, 3.8) is 0 Å². The number of phenolic OH excluding ortho intramolecular Hbond substituents is 3. The zero-order chi connectivity index (χ0) is 11.1. The van der Waals surface area contributed by atoms with Crippen molar-refractivity contribution in [2.45, 2.75) is 6.18 Å². The zero-order valence-corrected chi connectivity index (χ0v) is 8.02. The highest BCUT2D eigenvalue weighted by atomic mass is 79.9. The number of aromatic hydroxyl groups is 3. The molecule has 0 saturated carbocycles. The SMILES string of the molecule is Oc1c(Br)cc(C(F)(F)F)c(O)c1O. The summed E-state index contributed by atoms with van der Waals surface area (Å²) in [5.41, 5.74) is -1.42. The van der Waals surface area contributed by atoms with Crippen molar-refractivity contribution < 1.29 is 28.5 Å². The van der Waals surface area contributed by atoms with Crippen molar-refractivity contribution in [1.82, 2.24) is 0 Å². The fraction of sp³-hybridized carbons (Fsp3) is 0.143. The summed E-state index contributed by atoms with van der Waals surface area (Å²) >= 11 is 2.60. The fourth-order valence-corrected chi connectivity index (χ4v) is 1.25. The molecule has 0 saturated heterocycles. The molecule has 0 bridgehead atoms. The van der Waals surface area contributed by atoms with Gasteiger partial charge in [0.2, 0.25) is 5.75 Å². The summed E-state index contributed by atoms with van der Waals surface area (Å²) in [4.78, 5) is 0. The van der Waals surface area contributed by atoms with Gasteiger partial charge in [-0.1, -0.05) is 0 Å². The fourth-order valence-electron chi connectivity index (χ4n) is 0.832. The van der Waals surface area contributed by atoms with Crippen molar-refractivity contribution in [3.8, 4) is 17.2 Å². The Morgan fingerprint density at radius 1 is 1.00 bits per heavy atom. The van der Waals surface area contributed by atoms with Gasteiger partial charge in [-0.05, 0) is 22.0 Å². The van der Waals surface area contributed by atoms with E-state index >= 15 is 0 Å². The quantitative estimate of drug-likeness (QED) is 0.637. The summed E-state index contributed by atoms with van der Waals surface area (Å²) in [5, 5.41) is 26.7. The van der Waals surface area contributed by atoms with Gasteiger partial charge in [0.1, 0.15) is 5.56 Å². The van der Waals surface area contributed by atoms with Crippen LogP contribution >= 0.6 is 15.9 Å². The molecule has 0 aliphatic heterocycles. The van der Waals surface area contributed by atoms with Gasteiger partial charge in [-0.15, -0.1) is 0 Å².